The van der Waals surface area contributed by atoms with Crippen molar-refractivity contribution in [3.05, 3.63) is 64.2 Å². The van der Waals surface area contributed by atoms with Gasteiger partial charge in [-0.05, 0) is 67.3 Å². The number of fused-ring (bicyclic) bond motifs is 3. The molecule has 162 valence electrons. The molecule has 1 aliphatic carbocycles. The molecule has 0 unspecified atom stereocenters. The van der Waals surface area contributed by atoms with Crippen molar-refractivity contribution in [1.29, 1.82) is 0 Å². The lowest BCUT2D eigenvalue weighted by Gasteiger charge is -2.57. The third-order valence-electron chi connectivity index (χ3n) is 7.31. The second-order valence-electron chi connectivity index (χ2n) is 8.72. The van der Waals surface area contributed by atoms with E-state index in [0.29, 0.717) is 36.3 Å². The normalized spacial score (nSPS) is 24.6. The average Bonchev–Trinajstić information content (AvgIpc) is 2.72. The summed E-state index contributed by atoms with van der Waals surface area (Å²) in [7, 11) is 0. The van der Waals surface area contributed by atoms with E-state index in [1.165, 1.54) is 6.07 Å². The van der Waals surface area contributed by atoms with Gasteiger partial charge in [0.05, 0.1) is 6.61 Å². The van der Waals surface area contributed by atoms with Crippen molar-refractivity contribution < 1.29 is 23.7 Å². The van der Waals surface area contributed by atoms with Crippen LogP contribution < -0.4 is 4.74 Å². The quantitative estimate of drug-likeness (QED) is 0.666. The SMILES string of the molecule is OCCC1(CCO)CCC[C@@]2(Cc3ccc(Cl)cc3)c3c(F)ccc(F)c3OC[C@@H]12. The van der Waals surface area contributed by atoms with Gasteiger partial charge in [-0.15, -0.1) is 0 Å². The molecule has 1 fully saturated rings. The van der Waals surface area contributed by atoms with E-state index in [9.17, 15) is 14.6 Å². The van der Waals surface area contributed by atoms with Gasteiger partial charge in [0.1, 0.15) is 5.82 Å². The lowest BCUT2D eigenvalue weighted by atomic mass is 9.48. The number of hydrogen-bond acceptors (Lipinski definition) is 3. The summed E-state index contributed by atoms with van der Waals surface area (Å²) < 4.78 is 35.8. The van der Waals surface area contributed by atoms with Gasteiger partial charge in [0.15, 0.2) is 11.6 Å². The van der Waals surface area contributed by atoms with E-state index in [2.05, 4.69) is 0 Å². The smallest absolute Gasteiger partial charge is 0.165 e. The molecule has 0 aromatic heterocycles. The van der Waals surface area contributed by atoms with Crippen molar-refractivity contribution >= 4 is 11.6 Å². The molecule has 0 radical (unpaired) electrons. The van der Waals surface area contributed by atoms with Gasteiger partial charge in [-0.1, -0.05) is 30.2 Å². The Morgan fingerprint density at radius 3 is 2.30 bits per heavy atom. The van der Waals surface area contributed by atoms with Gasteiger partial charge in [-0.2, -0.15) is 0 Å². The summed E-state index contributed by atoms with van der Waals surface area (Å²) in [6, 6.07) is 9.76. The van der Waals surface area contributed by atoms with Crippen molar-refractivity contribution in [3.8, 4) is 5.75 Å². The highest BCUT2D eigenvalue weighted by Crippen LogP contribution is 2.61. The highest BCUT2D eigenvalue weighted by Gasteiger charge is 2.57. The van der Waals surface area contributed by atoms with E-state index in [1.807, 2.05) is 24.3 Å². The van der Waals surface area contributed by atoms with Gasteiger partial charge in [0.25, 0.3) is 0 Å². The summed E-state index contributed by atoms with van der Waals surface area (Å²) in [4.78, 5) is 0. The number of ether oxygens (including phenoxy) is 1. The Morgan fingerprint density at radius 1 is 0.967 bits per heavy atom. The molecule has 2 atom stereocenters. The van der Waals surface area contributed by atoms with Crippen molar-refractivity contribution in [2.75, 3.05) is 19.8 Å². The van der Waals surface area contributed by atoms with E-state index < -0.39 is 22.5 Å². The average molecular weight is 437 g/mol. The summed E-state index contributed by atoms with van der Waals surface area (Å²) in [6.07, 6.45) is 3.82. The molecule has 1 heterocycles. The molecule has 3 nitrogen and oxygen atoms in total. The Balaban J connectivity index is 1.91. The van der Waals surface area contributed by atoms with Crippen molar-refractivity contribution in [3.63, 3.8) is 0 Å². The largest absolute Gasteiger partial charge is 0.490 e. The topological polar surface area (TPSA) is 49.7 Å². The third-order valence-corrected chi connectivity index (χ3v) is 7.56. The Bertz CT molecular complexity index is 891. The van der Waals surface area contributed by atoms with Crippen molar-refractivity contribution in [2.45, 2.75) is 43.9 Å². The van der Waals surface area contributed by atoms with Crippen LogP contribution in [-0.4, -0.2) is 30.0 Å². The first-order valence-corrected chi connectivity index (χ1v) is 10.9. The minimum Gasteiger partial charge on any atom is -0.490 e. The number of benzene rings is 2. The van der Waals surface area contributed by atoms with Gasteiger partial charge in [0, 0.05) is 35.1 Å². The Labute approximate surface area is 180 Å². The molecule has 2 aromatic rings. The van der Waals surface area contributed by atoms with Crippen LogP contribution in [0.1, 0.15) is 43.2 Å². The molecule has 0 saturated heterocycles. The van der Waals surface area contributed by atoms with Crippen LogP contribution in [0.25, 0.3) is 0 Å². The predicted octanol–water partition coefficient (Wildman–Crippen LogP) is 5.04. The predicted molar refractivity (Wildman–Crippen MR) is 112 cm³/mol. The lowest BCUT2D eigenvalue weighted by Crippen LogP contribution is -2.56. The summed E-state index contributed by atoms with van der Waals surface area (Å²) in [6.45, 7) is 0.193. The van der Waals surface area contributed by atoms with E-state index >= 15 is 4.39 Å². The fourth-order valence-corrected chi connectivity index (χ4v) is 6.19. The monoisotopic (exact) mass is 436 g/mol. The molecule has 30 heavy (non-hydrogen) atoms. The summed E-state index contributed by atoms with van der Waals surface area (Å²) >= 11 is 6.06. The molecule has 6 heteroatoms. The first kappa shape index (κ1) is 21.5. The number of halogens is 3. The lowest BCUT2D eigenvalue weighted by molar-refractivity contribution is -0.0590. The van der Waals surface area contributed by atoms with Crippen LogP contribution in [0, 0.1) is 23.0 Å². The minimum absolute atomic E-state index is 0.00371. The molecule has 0 spiro atoms. The van der Waals surface area contributed by atoms with E-state index in [4.69, 9.17) is 16.3 Å². The molecule has 0 bridgehead atoms. The zero-order valence-corrected chi connectivity index (χ0v) is 17.6. The van der Waals surface area contributed by atoms with Crippen LogP contribution in [0.3, 0.4) is 0 Å². The van der Waals surface area contributed by atoms with Gasteiger partial charge >= 0.3 is 0 Å². The molecule has 2 aromatic carbocycles. The summed E-state index contributed by atoms with van der Waals surface area (Å²) in [5.74, 6) is -1.17. The summed E-state index contributed by atoms with van der Waals surface area (Å²) in [5.41, 5.74) is 0.208. The first-order valence-electron chi connectivity index (χ1n) is 10.5. The van der Waals surface area contributed by atoms with Crippen LogP contribution >= 0.6 is 11.6 Å². The molecule has 2 aliphatic rings. The molecule has 0 amide bonds. The fraction of sp³-hybridized carbons (Fsp3) is 0.500. The van der Waals surface area contributed by atoms with Crippen molar-refractivity contribution in [1.82, 2.24) is 0 Å². The maximum Gasteiger partial charge on any atom is 0.165 e. The Kier molecular flexibility index (Phi) is 6.06. The maximum atomic E-state index is 15.3. The zero-order chi connectivity index (χ0) is 21.4. The standard InChI is InChI=1S/C24H27ClF2O3/c25-17-4-2-16(3-5-17)14-24-9-1-8-23(10-12-28,11-13-29)20(24)15-30-22-19(27)7-6-18(26)21(22)24/h2-7,20,28-29H,1,8-15H2/t20-,24-/m0/s1. The minimum atomic E-state index is -0.684. The molecule has 1 saturated carbocycles. The molecular weight excluding hydrogens is 410 g/mol. The van der Waals surface area contributed by atoms with Gasteiger partial charge in [-0.25, -0.2) is 8.78 Å². The van der Waals surface area contributed by atoms with Crippen molar-refractivity contribution in [2.24, 2.45) is 11.3 Å². The summed E-state index contributed by atoms with van der Waals surface area (Å²) in [5, 5.41) is 20.3. The number of aliphatic hydroxyl groups is 2. The number of rotatable bonds is 6. The van der Waals surface area contributed by atoms with E-state index in [-0.39, 0.29) is 31.5 Å². The Hall–Kier alpha value is -1.69. The van der Waals surface area contributed by atoms with E-state index in [1.54, 1.807) is 0 Å². The van der Waals surface area contributed by atoms with Crippen LogP contribution in [0.15, 0.2) is 36.4 Å². The highest BCUT2D eigenvalue weighted by molar-refractivity contribution is 6.30. The van der Waals surface area contributed by atoms with Gasteiger partial charge in [-0.3, -0.25) is 0 Å². The highest BCUT2D eigenvalue weighted by atomic mass is 35.5. The van der Waals surface area contributed by atoms with Crippen LogP contribution in [0.5, 0.6) is 5.75 Å². The van der Waals surface area contributed by atoms with Crippen LogP contribution in [0.2, 0.25) is 5.02 Å². The Morgan fingerprint density at radius 2 is 1.63 bits per heavy atom. The number of aliphatic hydroxyl groups excluding tert-OH is 2. The second kappa shape index (κ2) is 8.45. The molecule has 2 N–H and O–H groups in total. The third kappa shape index (κ3) is 3.51. The molecule has 4 rings (SSSR count). The van der Waals surface area contributed by atoms with Crippen LogP contribution in [0.4, 0.5) is 8.78 Å². The molecule has 1 aliphatic heterocycles. The second-order valence-corrected chi connectivity index (χ2v) is 9.16. The molecular formula is C24H27ClF2O3. The zero-order valence-electron chi connectivity index (χ0n) is 16.8. The first-order chi connectivity index (χ1) is 14.5. The fourth-order valence-electron chi connectivity index (χ4n) is 6.07. The van der Waals surface area contributed by atoms with Gasteiger partial charge < -0.3 is 14.9 Å². The van der Waals surface area contributed by atoms with Crippen LogP contribution in [-0.2, 0) is 11.8 Å². The maximum absolute atomic E-state index is 15.3. The van der Waals surface area contributed by atoms with Gasteiger partial charge in [0.2, 0.25) is 0 Å². The number of hydrogen-bond donors (Lipinski definition) is 2. The van der Waals surface area contributed by atoms with E-state index in [0.717, 1.165) is 24.5 Å².